The third-order valence-corrected chi connectivity index (χ3v) is 3.02. The van der Waals surface area contributed by atoms with Gasteiger partial charge in [0.25, 0.3) is 0 Å². The van der Waals surface area contributed by atoms with Crippen molar-refractivity contribution in [2.75, 3.05) is 0 Å². The summed E-state index contributed by atoms with van der Waals surface area (Å²) in [6.07, 6.45) is 0. The third-order valence-electron chi connectivity index (χ3n) is 3.02. The van der Waals surface area contributed by atoms with Crippen LogP contribution in [0.25, 0.3) is 0 Å². The molecular weight excluding hydrogens is 226 g/mol. The van der Waals surface area contributed by atoms with Crippen molar-refractivity contribution < 1.29 is 0 Å². The van der Waals surface area contributed by atoms with Crippen LogP contribution in [-0.4, -0.2) is 22.5 Å². The second-order valence-corrected chi connectivity index (χ2v) is 5.01. The van der Waals surface area contributed by atoms with Crippen LogP contribution < -0.4 is 11.5 Å². The zero-order valence-corrected chi connectivity index (χ0v) is 11.0. The first-order valence-corrected chi connectivity index (χ1v) is 5.91. The summed E-state index contributed by atoms with van der Waals surface area (Å²) < 4.78 is 0. The molecule has 0 unspecified atom stereocenters. The molecule has 0 atom stereocenters. The molecule has 0 bridgehead atoms. The summed E-state index contributed by atoms with van der Waals surface area (Å²) in [6, 6.07) is 8.33. The van der Waals surface area contributed by atoms with E-state index >= 15 is 0 Å². The average molecular weight is 245 g/mol. The Morgan fingerprint density at radius 2 is 1.78 bits per heavy atom. The van der Waals surface area contributed by atoms with E-state index in [0.29, 0.717) is 12.5 Å². The van der Waals surface area contributed by atoms with Crippen molar-refractivity contribution in [3.05, 3.63) is 35.4 Å². The zero-order chi connectivity index (χ0) is 13.3. The Kier molecular flexibility index (Phi) is 2.98. The van der Waals surface area contributed by atoms with E-state index in [1.807, 2.05) is 18.7 Å². The fourth-order valence-electron chi connectivity index (χ4n) is 1.97. The topological polar surface area (TPSA) is 80.0 Å². The maximum atomic E-state index is 5.94. The van der Waals surface area contributed by atoms with E-state index in [0.717, 1.165) is 0 Å². The molecule has 0 spiro atoms. The molecule has 4 N–H and O–H groups in total. The van der Waals surface area contributed by atoms with Crippen molar-refractivity contribution in [2.45, 2.75) is 33.0 Å². The molecule has 0 fully saturated rings. The number of nitrogens with zero attached hydrogens (tertiary/aromatic N) is 3. The molecule has 5 nitrogen and oxygen atoms in total. The number of nitrogens with two attached hydrogens (primary N) is 2. The van der Waals surface area contributed by atoms with Crippen LogP contribution in [0.15, 0.2) is 34.3 Å². The molecule has 1 aromatic carbocycles. The molecule has 18 heavy (non-hydrogen) atoms. The predicted octanol–water partition coefficient (Wildman–Crippen LogP) is 1.18. The molecule has 0 saturated carbocycles. The van der Waals surface area contributed by atoms with Crippen LogP contribution >= 0.6 is 0 Å². The van der Waals surface area contributed by atoms with Gasteiger partial charge in [0, 0.05) is 6.54 Å². The van der Waals surface area contributed by atoms with E-state index in [1.54, 1.807) is 0 Å². The molecule has 5 heteroatoms. The van der Waals surface area contributed by atoms with Crippen LogP contribution in [0.5, 0.6) is 0 Å². The van der Waals surface area contributed by atoms with Crippen molar-refractivity contribution in [3.63, 3.8) is 0 Å². The van der Waals surface area contributed by atoms with Crippen LogP contribution in [0.1, 0.15) is 25.0 Å². The van der Waals surface area contributed by atoms with Crippen molar-refractivity contribution in [1.82, 2.24) is 4.90 Å². The second-order valence-electron chi connectivity index (χ2n) is 5.01. The quantitative estimate of drug-likeness (QED) is 0.821. The van der Waals surface area contributed by atoms with Gasteiger partial charge in [-0.05, 0) is 26.3 Å². The van der Waals surface area contributed by atoms with Gasteiger partial charge in [-0.15, -0.1) is 0 Å². The standard InChI is InChI=1S/C13H19N5/c1-9-4-6-10(7-5-9)8-18-12(15)16-11(14)17-13(18,2)3/h4-7H,8H2,1-3H3,(H4,14,15,16,17). The van der Waals surface area contributed by atoms with Crippen LogP contribution in [0, 0.1) is 6.92 Å². The van der Waals surface area contributed by atoms with Gasteiger partial charge in [0.15, 0.2) is 0 Å². The van der Waals surface area contributed by atoms with Gasteiger partial charge in [0.1, 0.15) is 5.66 Å². The number of guanidine groups is 2. The molecule has 0 saturated heterocycles. The first-order chi connectivity index (χ1) is 8.38. The normalized spacial score (nSPS) is 18.3. The number of rotatable bonds is 2. The molecular formula is C13H19N5. The Morgan fingerprint density at radius 3 is 2.33 bits per heavy atom. The van der Waals surface area contributed by atoms with Gasteiger partial charge in [-0.25, -0.2) is 4.99 Å². The van der Waals surface area contributed by atoms with E-state index in [9.17, 15) is 0 Å². The molecule has 0 aliphatic carbocycles. The molecule has 1 heterocycles. The lowest BCUT2D eigenvalue weighted by molar-refractivity contribution is 0.210. The summed E-state index contributed by atoms with van der Waals surface area (Å²) in [5, 5.41) is 0. The molecule has 0 amide bonds. The van der Waals surface area contributed by atoms with E-state index in [1.165, 1.54) is 11.1 Å². The molecule has 2 rings (SSSR count). The molecule has 1 aromatic rings. The molecule has 0 aromatic heterocycles. The molecule has 0 radical (unpaired) electrons. The SMILES string of the molecule is Cc1ccc(CN2C(N)=NC(N)=NC2(C)C)cc1. The largest absolute Gasteiger partial charge is 0.369 e. The fraction of sp³-hybridized carbons (Fsp3) is 0.385. The first kappa shape index (κ1) is 12.4. The van der Waals surface area contributed by atoms with Crippen LogP contribution in [0.2, 0.25) is 0 Å². The van der Waals surface area contributed by atoms with Crippen LogP contribution in [0.4, 0.5) is 0 Å². The molecule has 1 aliphatic rings. The van der Waals surface area contributed by atoms with E-state index in [-0.39, 0.29) is 5.96 Å². The first-order valence-electron chi connectivity index (χ1n) is 5.91. The van der Waals surface area contributed by atoms with E-state index in [4.69, 9.17) is 11.5 Å². The minimum atomic E-state index is -0.471. The Bertz CT molecular complexity index is 499. The van der Waals surface area contributed by atoms with Crippen molar-refractivity contribution >= 4 is 11.9 Å². The van der Waals surface area contributed by atoms with Gasteiger partial charge in [-0.2, -0.15) is 4.99 Å². The Labute approximate surface area is 107 Å². The van der Waals surface area contributed by atoms with Crippen molar-refractivity contribution in [1.29, 1.82) is 0 Å². The van der Waals surface area contributed by atoms with Gasteiger partial charge >= 0.3 is 0 Å². The van der Waals surface area contributed by atoms with Crippen molar-refractivity contribution in [3.8, 4) is 0 Å². The lowest BCUT2D eigenvalue weighted by atomic mass is 10.1. The van der Waals surface area contributed by atoms with E-state index < -0.39 is 5.66 Å². The number of aliphatic imine (C=N–C) groups is 2. The lowest BCUT2D eigenvalue weighted by Crippen LogP contribution is -2.53. The zero-order valence-electron chi connectivity index (χ0n) is 11.0. The maximum Gasteiger partial charge on any atom is 0.220 e. The van der Waals surface area contributed by atoms with Gasteiger partial charge in [0.2, 0.25) is 11.9 Å². The lowest BCUT2D eigenvalue weighted by Gasteiger charge is -2.38. The number of hydrogen-bond acceptors (Lipinski definition) is 5. The Balaban J connectivity index is 2.23. The summed E-state index contributed by atoms with van der Waals surface area (Å²) in [5.74, 6) is 0.644. The number of benzene rings is 1. The third kappa shape index (κ3) is 2.45. The minimum Gasteiger partial charge on any atom is -0.369 e. The van der Waals surface area contributed by atoms with Gasteiger partial charge in [0.05, 0.1) is 0 Å². The smallest absolute Gasteiger partial charge is 0.220 e. The monoisotopic (exact) mass is 245 g/mol. The summed E-state index contributed by atoms with van der Waals surface area (Å²) in [7, 11) is 0. The van der Waals surface area contributed by atoms with Crippen LogP contribution in [-0.2, 0) is 6.54 Å². The highest BCUT2D eigenvalue weighted by atomic mass is 15.4. The van der Waals surface area contributed by atoms with Gasteiger partial charge in [-0.1, -0.05) is 29.8 Å². The highest BCUT2D eigenvalue weighted by molar-refractivity contribution is 5.95. The average Bonchev–Trinajstić information content (AvgIpc) is 2.25. The fourth-order valence-corrected chi connectivity index (χ4v) is 1.97. The number of hydrogen-bond donors (Lipinski definition) is 2. The van der Waals surface area contributed by atoms with Crippen molar-refractivity contribution in [2.24, 2.45) is 21.5 Å². The van der Waals surface area contributed by atoms with Crippen LogP contribution in [0.3, 0.4) is 0 Å². The highest BCUT2D eigenvalue weighted by Crippen LogP contribution is 2.22. The molecule has 96 valence electrons. The summed E-state index contributed by atoms with van der Waals surface area (Å²) in [6.45, 7) is 6.67. The molecule has 1 aliphatic heterocycles. The number of aryl methyl sites for hydroxylation is 1. The van der Waals surface area contributed by atoms with Gasteiger partial charge < -0.3 is 16.4 Å². The predicted molar refractivity (Wildman–Crippen MR) is 74.0 cm³/mol. The summed E-state index contributed by atoms with van der Waals surface area (Å²) >= 11 is 0. The van der Waals surface area contributed by atoms with Gasteiger partial charge in [-0.3, -0.25) is 0 Å². The van der Waals surface area contributed by atoms with E-state index in [2.05, 4.69) is 41.2 Å². The maximum absolute atomic E-state index is 5.94. The summed E-state index contributed by atoms with van der Waals surface area (Å²) in [4.78, 5) is 10.3. The summed E-state index contributed by atoms with van der Waals surface area (Å²) in [5.41, 5.74) is 13.5. The Morgan fingerprint density at radius 1 is 1.17 bits per heavy atom. The second kappa shape index (κ2) is 4.33. The Hall–Kier alpha value is -2.04. The minimum absolute atomic E-state index is 0.234. The highest BCUT2D eigenvalue weighted by Gasteiger charge is 2.31.